The van der Waals surface area contributed by atoms with Gasteiger partial charge in [-0.05, 0) is 12.8 Å². The Labute approximate surface area is 101 Å². The molecule has 2 aromatic heterocycles. The highest BCUT2D eigenvalue weighted by Gasteiger charge is 2.19. The van der Waals surface area contributed by atoms with Crippen molar-refractivity contribution in [3.63, 3.8) is 0 Å². The average molecular weight is 230 g/mol. The van der Waals surface area contributed by atoms with E-state index in [4.69, 9.17) is 5.73 Å². The molecule has 0 aromatic carbocycles. The number of nitrogens with two attached hydrogens (primary N) is 1. The first-order chi connectivity index (χ1) is 8.34. The molecule has 0 spiro atoms. The molecule has 1 aliphatic carbocycles. The van der Waals surface area contributed by atoms with Gasteiger partial charge in [-0.25, -0.2) is 9.97 Å². The first kappa shape index (κ1) is 10.6. The quantitative estimate of drug-likeness (QED) is 0.740. The van der Waals surface area contributed by atoms with E-state index in [0.29, 0.717) is 11.7 Å². The van der Waals surface area contributed by atoms with Crippen LogP contribution in [-0.2, 0) is 0 Å². The molecule has 4 heteroatoms. The van der Waals surface area contributed by atoms with Gasteiger partial charge in [-0.1, -0.05) is 25.7 Å². The van der Waals surface area contributed by atoms with Crippen LogP contribution in [0.2, 0.25) is 0 Å². The van der Waals surface area contributed by atoms with Crippen LogP contribution in [0.4, 0.5) is 5.82 Å². The Morgan fingerprint density at radius 2 is 1.94 bits per heavy atom. The van der Waals surface area contributed by atoms with Gasteiger partial charge in [0, 0.05) is 12.0 Å². The molecular weight excluding hydrogens is 212 g/mol. The molecule has 90 valence electrons. The molecule has 1 saturated carbocycles. The second-order valence-corrected chi connectivity index (χ2v) is 4.92. The summed E-state index contributed by atoms with van der Waals surface area (Å²) in [4.78, 5) is 12.1. The molecule has 0 bridgehead atoms. The molecule has 17 heavy (non-hydrogen) atoms. The van der Waals surface area contributed by atoms with Crippen molar-refractivity contribution in [2.24, 2.45) is 0 Å². The maximum Gasteiger partial charge on any atom is 0.125 e. The van der Waals surface area contributed by atoms with Crippen molar-refractivity contribution >= 4 is 16.9 Å². The molecular formula is C13H18N4. The van der Waals surface area contributed by atoms with Gasteiger partial charge in [0.15, 0.2) is 0 Å². The molecule has 0 amide bonds. The molecule has 1 fully saturated rings. The van der Waals surface area contributed by atoms with E-state index in [1.165, 1.54) is 38.5 Å². The van der Waals surface area contributed by atoms with E-state index in [0.717, 1.165) is 16.7 Å². The zero-order chi connectivity index (χ0) is 11.7. The largest absolute Gasteiger partial charge is 0.384 e. The van der Waals surface area contributed by atoms with Crippen LogP contribution in [0.25, 0.3) is 11.0 Å². The van der Waals surface area contributed by atoms with Crippen molar-refractivity contribution in [2.45, 2.75) is 44.4 Å². The molecule has 0 unspecified atom stereocenters. The van der Waals surface area contributed by atoms with Crippen LogP contribution in [0.5, 0.6) is 0 Å². The van der Waals surface area contributed by atoms with Crippen LogP contribution in [0.1, 0.15) is 50.1 Å². The summed E-state index contributed by atoms with van der Waals surface area (Å²) >= 11 is 0. The maximum atomic E-state index is 5.87. The summed E-state index contributed by atoms with van der Waals surface area (Å²) in [6.45, 7) is 0. The summed E-state index contributed by atoms with van der Waals surface area (Å²) in [6, 6.07) is 1.86. The molecule has 0 radical (unpaired) electrons. The SMILES string of the molecule is Nc1cc2[nH]cnc2c(C2CCCCCC2)n1. The number of nitrogen functional groups attached to an aromatic ring is 1. The zero-order valence-electron chi connectivity index (χ0n) is 9.95. The number of H-pyrrole nitrogens is 1. The maximum absolute atomic E-state index is 5.87. The third kappa shape index (κ3) is 1.99. The van der Waals surface area contributed by atoms with Crippen LogP contribution in [0.15, 0.2) is 12.4 Å². The van der Waals surface area contributed by atoms with Crippen molar-refractivity contribution in [1.82, 2.24) is 15.0 Å². The van der Waals surface area contributed by atoms with Crippen LogP contribution < -0.4 is 5.73 Å². The lowest BCUT2D eigenvalue weighted by atomic mass is 9.95. The standard InChI is InChI=1S/C13H18N4/c14-11-7-10-13(16-8-15-10)12(17-11)9-5-3-1-2-4-6-9/h7-9H,1-6H2,(H2,14,17)(H,15,16). The molecule has 0 aliphatic heterocycles. The van der Waals surface area contributed by atoms with Gasteiger partial charge in [0.2, 0.25) is 0 Å². The van der Waals surface area contributed by atoms with Gasteiger partial charge in [-0.2, -0.15) is 0 Å². The first-order valence-corrected chi connectivity index (χ1v) is 6.44. The molecule has 0 atom stereocenters. The Morgan fingerprint density at radius 1 is 1.18 bits per heavy atom. The predicted molar refractivity (Wildman–Crippen MR) is 68.7 cm³/mol. The van der Waals surface area contributed by atoms with Crippen molar-refractivity contribution in [2.75, 3.05) is 5.73 Å². The lowest BCUT2D eigenvalue weighted by Crippen LogP contribution is -2.04. The second-order valence-electron chi connectivity index (χ2n) is 4.92. The van der Waals surface area contributed by atoms with Gasteiger partial charge in [0.1, 0.15) is 11.3 Å². The Morgan fingerprint density at radius 3 is 2.71 bits per heavy atom. The third-order valence-electron chi connectivity index (χ3n) is 3.70. The summed E-state index contributed by atoms with van der Waals surface area (Å²) in [5, 5.41) is 0. The summed E-state index contributed by atoms with van der Waals surface area (Å²) in [5.41, 5.74) is 8.99. The fourth-order valence-corrected chi connectivity index (χ4v) is 2.83. The fourth-order valence-electron chi connectivity index (χ4n) is 2.83. The smallest absolute Gasteiger partial charge is 0.125 e. The summed E-state index contributed by atoms with van der Waals surface area (Å²) in [5.74, 6) is 1.13. The highest BCUT2D eigenvalue weighted by molar-refractivity contribution is 5.79. The van der Waals surface area contributed by atoms with E-state index in [-0.39, 0.29) is 0 Å². The van der Waals surface area contributed by atoms with Gasteiger partial charge < -0.3 is 10.7 Å². The van der Waals surface area contributed by atoms with Gasteiger partial charge in [-0.3, -0.25) is 0 Å². The minimum absolute atomic E-state index is 0.534. The molecule has 2 heterocycles. The summed E-state index contributed by atoms with van der Waals surface area (Å²) < 4.78 is 0. The van der Waals surface area contributed by atoms with Crippen molar-refractivity contribution in [3.8, 4) is 0 Å². The lowest BCUT2D eigenvalue weighted by molar-refractivity contribution is 0.582. The van der Waals surface area contributed by atoms with Crippen LogP contribution in [-0.4, -0.2) is 15.0 Å². The number of hydrogen-bond donors (Lipinski definition) is 2. The number of rotatable bonds is 1. The van der Waals surface area contributed by atoms with E-state index in [2.05, 4.69) is 15.0 Å². The molecule has 2 aromatic rings. The molecule has 3 rings (SSSR count). The average Bonchev–Trinajstić information content (AvgIpc) is 2.62. The zero-order valence-corrected chi connectivity index (χ0v) is 9.95. The first-order valence-electron chi connectivity index (χ1n) is 6.44. The number of anilines is 1. The normalized spacial score (nSPS) is 18.4. The molecule has 3 N–H and O–H groups in total. The van der Waals surface area contributed by atoms with Gasteiger partial charge >= 0.3 is 0 Å². The van der Waals surface area contributed by atoms with E-state index in [9.17, 15) is 0 Å². The number of nitrogens with zero attached hydrogens (tertiary/aromatic N) is 2. The van der Waals surface area contributed by atoms with Crippen molar-refractivity contribution in [1.29, 1.82) is 0 Å². The van der Waals surface area contributed by atoms with Gasteiger partial charge in [0.25, 0.3) is 0 Å². The highest BCUT2D eigenvalue weighted by Crippen LogP contribution is 2.33. The number of imidazole rings is 1. The van der Waals surface area contributed by atoms with E-state index in [1.807, 2.05) is 6.07 Å². The minimum Gasteiger partial charge on any atom is -0.384 e. The number of aromatic nitrogens is 3. The van der Waals surface area contributed by atoms with Gasteiger partial charge in [-0.15, -0.1) is 0 Å². The lowest BCUT2D eigenvalue weighted by Gasteiger charge is -2.14. The van der Waals surface area contributed by atoms with Crippen LogP contribution in [0, 0.1) is 0 Å². The number of fused-ring (bicyclic) bond motifs is 1. The highest BCUT2D eigenvalue weighted by atomic mass is 14.9. The number of pyridine rings is 1. The van der Waals surface area contributed by atoms with E-state index < -0.39 is 0 Å². The second kappa shape index (κ2) is 4.35. The Bertz CT molecular complexity index is 509. The topological polar surface area (TPSA) is 67.6 Å². The van der Waals surface area contributed by atoms with E-state index >= 15 is 0 Å². The molecule has 0 saturated heterocycles. The Balaban J connectivity index is 2.05. The summed E-state index contributed by atoms with van der Waals surface area (Å²) in [6.07, 6.45) is 9.47. The molecule has 4 nitrogen and oxygen atoms in total. The minimum atomic E-state index is 0.534. The number of aromatic amines is 1. The van der Waals surface area contributed by atoms with Crippen molar-refractivity contribution in [3.05, 3.63) is 18.1 Å². The number of hydrogen-bond acceptors (Lipinski definition) is 3. The van der Waals surface area contributed by atoms with Crippen LogP contribution >= 0.6 is 0 Å². The summed E-state index contributed by atoms with van der Waals surface area (Å²) in [7, 11) is 0. The number of nitrogens with one attached hydrogen (secondary N) is 1. The monoisotopic (exact) mass is 230 g/mol. The Kier molecular flexibility index (Phi) is 2.71. The molecule has 1 aliphatic rings. The van der Waals surface area contributed by atoms with Crippen molar-refractivity contribution < 1.29 is 0 Å². The van der Waals surface area contributed by atoms with E-state index in [1.54, 1.807) is 6.33 Å². The van der Waals surface area contributed by atoms with Crippen LogP contribution in [0.3, 0.4) is 0 Å². The predicted octanol–water partition coefficient (Wildman–Crippen LogP) is 2.98. The fraction of sp³-hybridized carbons (Fsp3) is 0.538. The Hall–Kier alpha value is -1.58. The third-order valence-corrected chi connectivity index (χ3v) is 3.70. The van der Waals surface area contributed by atoms with Gasteiger partial charge in [0.05, 0.1) is 17.5 Å².